The highest BCUT2D eigenvalue weighted by Crippen LogP contribution is 2.36. The van der Waals surface area contributed by atoms with Crippen molar-refractivity contribution >= 4 is 63.6 Å². The number of imide groups is 2. The van der Waals surface area contributed by atoms with E-state index in [9.17, 15) is 24.0 Å². The van der Waals surface area contributed by atoms with E-state index in [2.05, 4.69) is 69.5 Å². The summed E-state index contributed by atoms with van der Waals surface area (Å²) >= 11 is 0. The molecular weight excluding hydrogens is 830 g/mol. The lowest BCUT2D eigenvalue weighted by Gasteiger charge is -2.37. The molecule has 0 spiro atoms. The van der Waals surface area contributed by atoms with Gasteiger partial charge >= 0.3 is 0 Å². The largest absolute Gasteiger partial charge is 0.372 e. The molecule has 5 aromatic rings. The van der Waals surface area contributed by atoms with Gasteiger partial charge in [0.2, 0.25) is 17.7 Å². The second-order valence-corrected chi connectivity index (χ2v) is 18.0. The molecule has 0 unspecified atom stereocenters. The van der Waals surface area contributed by atoms with Crippen LogP contribution in [-0.4, -0.2) is 117 Å². The lowest BCUT2D eigenvalue weighted by Crippen LogP contribution is -2.54. The first-order chi connectivity index (χ1) is 31.6. The van der Waals surface area contributed by atoms with Gasteiger partial charge in [0, 0.05) is 69.1 Å². The number of fused-ring (bicyclic) bond motifs is 2. The summed E-state index contributed by atoms with van der Waals surface area (Å²) in [5.41, 5.74) is 4.93. The lowest BCUT2D eigenvalue weighted by molar-refractivity contribution is -0.136. The summed E-state index contributed by atoms with van der Waals surface area (Å²) in [4.78, 5) is 84.5. The fourth-order valence-electron chi connectivity index (χ4n) is 10.1. The zero-order chi connectivity index (χ0) is 44.6. The SMILES string of the molecule is O=C1CC[C@H](N2C(=O)c3cc(F)c(N4CCN(CCCC5CCN(c6ccc(Nc7ncnc8c7ncn8C7CC(NC(=O)Cc8ccccc8)C7)cc6)CC5)CC4)cc3C2=O)C(=O)N1. The highest BCUT2D eigenvalue weighted by Gasteiger charge is 2.45. The number of aromatic nitrogens is 4. The van der Waals surface area contributed by atoms with E-state index in [1.165, 1.54) is 11.8 Å². The molecule has 1 saturated carbocycles. The number of carbonyl (C=O) groups excluding carboxylic acids is 5. The molecule has 5 amide bonds. The molecule has 3 aromatic carbocycles. The summed E-state index contributed by atoms with van der Waals surface area (Å²) in [6.45, 7) is 5.69. The number of amides is 5. The summed E-state index contributed by atoms with van der Waals surface area (Å²) in [7, 11) is 0. The molecule has 336 valence electrons. The molecule has 10 rings (SSSR count). The van der Waals surface area contributed by atoms with E-state index in [4.69, 9.17) is 0 Å². The molecule has 1 aliphatic carbocycles. The Morgan fingerprint density at radius 2 is 1.55 bits per heavy atom. The number of nitrogens with one attached hydrogen (secondary N) is 3. The van der Waals surface area contributed by atoms with Crippen molar-refractivity contribution in [1.29, 1.82) is 0 Å². The van der Waals surface area contributed by atoms with E-state index in [0.29, 0.717) is 36.8 Å². The number of carbonyl (C=O) groups is 5. The maximum atomic E-state index is 15.4. The molecule has 5 aliphatic rings. The first-order valence-corrected chi connectivity index (χ1v) is 22.8. The van der Waals surface area contributed by atoms with Crippen LogP contribution in [0.3, 0.4) is 0 Å². The lowest BCUT2D eigenvalue weighted by atomic mass is 9.86. The summed E-state index contributed by atoms with van der Waals surface area (Å²) in [5, 5.41) is 8.80. The number of piperidine rings is 2. The van der Waals surface area contributed by atoms with Gasteiger partial charge in [-0.25, -0.2) is 19.3 Å². The Hall–Kier alpha value is -6.75. The first-order valence-electron chi connectivity index (χ1n) is 22.8. The van der Waals surface area contributed by atoms with Crippen molar-refractivity contribution in [2.24, 2.45) is 5.92 Å². The van der Waals surface area contributed by atoms with Crippen molar-refractivity contribution in [3.8, 4) is 0 Å². The predicted molar refractivity (Wildman–Crippen MR) is 241 cm³/mol. The monoisotopic (exact) mass is 881 g/mol. The molecule has 3 saturated heterocycles. The van der Waals surface area contributed by atoms with Crippen LogP contribution >= 0.6 is 0 Å². The zero-order valence-electron chi connectivity index (χ0n) is 36.1. The minimum absolute atomic E-state index is 0.0254. The van der Waals surface area contributed by atoms with Crippen molar-refractivity contribution in [2.45, 2.75) is 75.9 Å². The van der Waals surface area contributed by atoms with Gasteiger partial charge in [-0.3, -0.25) is 39.1 Å². The van der Waals surface area contributed by atoms with Crippen LogP contribution in [0.4, 0.5) is 27.3 Å². The Morgan fingerprint density at radius 1 is 0.815 bits per heavy atom. The number of nitrogens with zero attached hydrogens (tertiary/aromatic N) is 8. The highest BCUT2D eigenvalue weighted by molar-refractivity contribution is 6.23. The van der Waals surface area contributed by atoms with Gasteiger partial charge in [0.1, 0.15) is 18.2 Å². The van der Waals surface area contributed by atoms with E-state index in [-0.39, 0.29) is 47.6 Å². The Morgan fingerprint density at radius 3 is 2.29 bits per heavy atom. The van der Waals surface area contributed by atoms with Crippen molar-refractivity contribution in [2.75, 3.05) is 60.9 Å². The van der Waals surface area contributed by atoms with Crippen LogP contribution in [0.25, 0.3) is 11.2 Å². The third-order valence-electron chi connectivity index (χ3n) is 13.9. The maximum Gasteiger partial charge on any atom is 0.262 e. The average Bonchev–Trinajstić information content (AvgIpc) is 3.83. The summed E-state index contributed by atoms with van der Waals surface area (Å²) in [6, 6.07) is 20.1. The Balaban J connectivity index is 0.650. The second-order valence-electron chi connectivity index (χ2n) is 18.0. The van der Waals surface area contributed by atoms with Crippen LogP contribution in [0.1, 0.15) is 83.7 Å². The zero-order valence-corrected chi connectivity index (χ0v) is 36.1. The van der Waals surface area contributed by atoms with Crippen LogP contribution in [0.15, 0.2) is 79.4 Å². The van der Waals surface area contributed by atoms with Crippen molar-refractivity contribution in [3.63, 3.8) is 0 Å². The number of hydrogen-bond donors (Lipinski definition) is 3. The third kappa shape index (κ3) is 8.76. The van der Waals surface area contributed by atoms with Crippen LogP contribution in [0.5, 0.6) is 0 Å². The fraction of sp³-hybridized carbons (Fsp3) is 0.417. The van der Waals surface area contributed by atoms with E-state index >= 15 is 4.39 Å². The molecule has 1 atom stereocenters. The van der Waals surface area contributed by atoms with E-state index < -0.39 is 35.5 Å². The molecule has 0 radical (unpaired) electrons. The topological polar surface area (TPSA) is 178 Å². The van der Waals surface area contributed by atoms with Crippen LogP contribution in [0, 0.1) is 11.7 Å². The molecule has 65 heavy (non-hydrogen) atoms. The Kier molecular flexibility index (Phi) is 11.7. The summed E-state index contributed by atoms with van der Waals surface area (Å²) < 4.78 is 17.5. The minimum atomic E-state index is -1.09. The second kappa shape index (κ2) is 18.0. The Bertz CT molecular complexity index is 2620. The molecule has 17 heteroatoms. The van der Waals surface area contributed by atoms with Gasteiger partial charge in [-0.15, -0.1) is 0 Å². The number of hydrogen-bond acceptors (Lipinski definition) is 12. The summed E-state index contributed by atoms with van der Waals surface area (Å²) in [5.74, 6) is -1.69. The number of rotatable bonds is 13. The summed E-state index contributed by atoms with van der Waals surface area (Å²) in [6.07, 6.45) is 10.0. The number of piperazine rings is 1. The average molecular weight is 882 g/mol. The third-order valence-corrected chi connectivity index (χ3v) is 13.9. The van der Waals surface area contributed by atoms with E-state index in [1.807, 2.05) is 41.6 Å². The molecular formula is C48H52FN11O5. The maximum absolute atomic E-state index is 15.4. The van der Waals surface area contributed by atoms with Gasteiger partial charge in [0.15, 0.2) is 17.0 Å². The number of imidazole rings is 1. The molecule has 0 bridgehead atoms. The highest BCUT2D eigenvalue weighted by atomic mass is 19.1. The van der Waals surface area contributed by atoms with Crippen LogP contribution < -0.4 is 25.8 Å². The van der Waals surface area contributed by atoms with Crippen molar-refractivity contribution in [3.05, 3.63) is 102 Å². The van der Waals surface area contributed by atoms with Gasteiger partial charge in [-0.1, -0.05) is 30.3 Å². The Labute approximate surface area is 375 Å². The quantitative estimate of drug-likeness (QED) is 0.135. The molecule has 16 nitrogen and oxygen atoms in total. The van der Waals surface area contributed by atoms with Gasteiger partial charge in [-0.2, -0.15) is 0 Å². The van der Waals surface area contributed by atoms with E-state index in [1.54, 1.807) is 6.33 Å². The van der Waals surface area contributed by atoms with Gasteiger partial charge < -0.3 is 25.0 Å². The number of anilines is 4. The molecule has 6 heterocycles. The van der Waals surface area contributed by atoms with E-state index in [0.717, 1.165) is 99.1 Å². The normalized spacial score (nSPS) is 21.7. The molecule has 4 aliphatic heterocycles. The van der Waals surface area contributed by atoms with Crippen molar-refractivity contribution in [1.82, 2.24) is 40.0 Å². The number of benzene rings is 3. The van der Waals surface area contributed by atoms with Gasteiger partial charge in [-0.05, 0) is 99.4 Å². The van der Waals surface area contributed by atoms with Gasteiger partial charge in [0.25, 0.3) is 11.8 Å². The first kappa shape index (κ1) is 42.2. The standard InChI is InChI=1S/C48H52FN11O5/c49-38-26-36-37(48(65)60(47(36)64)39-12-13-41(61)55-46(39)63)27-40(38)58-21-19-56(20-22-58)16-4-7-30-14-17-57(18-15-30)34-10-8-32(9-11-34)54-44-43-45(51-28-50-44)59(29-52-43)35-24-33(25-35)53-42(62)23-31-5-2-1-3-6-31/h1-3,5-6,8-11,26-30,33,35,39H,4,7,12-25H2,(H,53,62)(H,50,51,54)(H,55,61,63)/t33?,35?,39-/m0/s1. The smallest absolute Gasteiger partial charge is 0.262 e. The molecule has 3 N–H and O–H groups in total. The molecule has 2 aromatic heterocycles. The van der Waals surface area contributed by atoms with Crippen LogP contribution in [-0.2, 0) is 20.8 Å². The fourth-order valence-corrected chi connectivity index (χ4v) is 10.1. The van der Waals surface area contributed by atoms with Crippen molar-refractivity contribution < 1.29 is 28.4 Å². The predicted octanol–water partition coefficient (Wildman–Crippen LogP) is 4.99. The minimum Gasteiger partial charge on any atom is -0.372 e. The van der Waals surface area contributed by atoms with Crippen LogP contribution in [0.2, 0.25) is 0 Å². The molecule has 4 fully saturated rings. The number of halogens is 1. The van der Waals surface area contributed by atoms with Gasteiger partial charge in [0.05, 0.1) is 29.6 Å².